The van der Waals surface area contributed by atoms with Crippen molar-refractivity contribution in [3.63, 3.8) is 0 Å². The number of ether oxygens (including phenoxy) is 2. The fourth-order valence-corrected chi connectivity index (χ4v) is 0.444. The first-order chi connectivity index (χ1) is 3.33. The van der Waals surface area contributed by atoms with E-state index in [-0.39, 0.29) is 0 Å². The molecule has 0 bridgehead atoms. The Balaban J connectivity index is 2.28. The second-order valence-corrected chi connectivity index (χ2v) is 1.51. The standard InChI is InChI=1S/C4H9NO2/c1-6-4(7-2)3-5-4/h5H,3H2,1-2H3. The number of hydrogen-bond donors (Lipinski definition) is 1. The van der Waals surface area contributed by atoms with Crippen LogP contribution in [-0.2, 0) is 9.47 Å². The topological polar surface area (TPSA) is 40.4 Å². The van der Waals surface area contributed by atoms with Crippen LogP contribution in [0.3, 0.4) is 0 Å². The molecule has 0 aromatic heterocycles. The predicted octanol–water partition coefficient (Wildman–Crippen LogP) is -0.464. The molecule has 1 fully saturated rings. The fraction of sp³-hybridized carbons (Fsp3) is 1.00. The zero-order valence-electron chi connectivity index (χ0n) is 4.52. The minimum Gasteiger partial charge on any atom is -0.340 e. The summed E-state index contributed by atoms with van der Waals surface area (Å²) >= 11 is 0. The number of rotatable bonds is 2. The lowest BCUT2D eigenvalue weighted by molar-refractivity contribution is -0.131. The molecule has 1 N–H and O–H groups in total. The molecule has 42 valence electrons. The van der Waals surface area contributed by atoms with E-state index in [1.165, 1.54) is 0 Å². The van der Waals surface area contributed by atoms with E-state index >= 15 is 0 Å². The summed E-state index contributed by atoms with van der Waals surface area (Å²) in [5, 5.41) is 2.90. The Hall–Kier alpha value is -0.120. The van der Waals surface area contributed by atoms with Crippen molar-refractivity contribution in [2.24, 2.45) is 0 Å². The van der Waals surface area contributed by atoms with Crippen LogP contribution < -0.4 is 5.32 Å². The van der Waals surface area contributed by atoms with Crippen LogP contribution in [0, 0.1) is 0 Å². The van der Waals surface area contributed by atoms with Gasteiger partial charge in [-0.05, 0) is 0 Å². The summed E-state index contributed by atoms with van der Waals surface area (Å²) in [6, 6.07) is 0. The minimum atomic E-state index is -0.417. The highest BCUT2D eigenvalue weighted by molar-refractivity contribution is 4.83. The van der Waals surface area contributed by atoms with Crippen LogP contribution in [0.4, 0.5) is 0 Å². The van der Waals surface area contributed by atoms with Gasteiger partial charge < -0.3 is 9.47 Å². The smallest absolute Gasteiger partial charge is 0.240 e. The first-order valence-electron chi connectivity index (χ1n) is 2.18. The second-order valence-electron chi connectivity index (χ2n) is 1.51. The van der Waals surface area contributed by atoms with Crippen LogP contribution >= 0.6 is 0 Å². The second kappa shape index (κ2) is 1.43. The van der Waals surface area contributed by atoms with Crippen LogP contribution in [-0.4, -0.2) is 26.7 Å². The summed E-state index contributed by atoms with van der Waals surface area (Å²) in [7, 11) is 3.23. The van der Waals surface area contributed by atoms with E-state index in [1.54, 1.807) is 14.2 Å². The van der Waals surface area contributed by atoms with Gasteiger partial charge in [-0.15, -0.1) is 0 Å². The molecule has 1 rings (SSSR count). The van der Waals surface area contributed by atoms with Gasteiger partial charge in [-0.1, -0.05) is 0 Å². The van der Waals surface area contributed by atoms with Gasteiger partial charge in [0.1, 0.15) is 0 Å². The van der Waals surface area contributed by atoms with Crippen molar-refractivity contribution in [3.8, 4) is 0 Å². The summed E-state index contributed by atoms with van der Waals surface area (Å²) in [5.74, 6) is -0.417. The van der Waals surface area contributed by atoms with E-state index < -0.39 is 5.91 Å². The van der Waals surface area contributed by atoms with Crippen molar-refractivity contribution in [2.45, 2.75) is 5.91 Å². The van der Waals surface area contributed by atoms with Gasteiger partial charge in [0.05, 0.1) is 6.54 Å². The highest BCUT2D eigenvalue weighted by atomic mass is 16.7. The van der Waals surface area contributed by atoms with Crippen LogP contribution in [0.15, 0.2) is 0 Å². The van der Waals surface area contributed by atoms with Gasteiger partial charge in [0.2, 0.25) is 5.91 Å². The molecule has 1 heterocycles. The largest absolute Gasteiger partial charge is 0.340 e. The maximum absolute atomic E-state index is 4.86. The summed E-state index contributed by atoms with van der Waals surface area (Å²) in [6.45, 7) is 0.806. The van der Waals surface area contributed by atoms with Crippen LogP contribution in [0.1, 0.15) is 0 Å². The maximum atomic E-state index is 4.86. The summed E-state index contributed by atoms with van der Waals surface area (Å²) in [6.07, 6.45) is 0. The molecule has 1 saturated heterocycles. The van der Waals surface area contributed by atoms with E-state index in [4.69, 9.17) is 9.47 Å². The van der Waals surface area contributed by atoms with Crippen molar-refractivity contribution in [3.05, 3.63) is 0 Å². The van der Waals surface area contributed by atoms with Crippen molar-refractivity contribution >= 4 is 0 Å². The lowest BCUT2D eigenvalue weighted by Crippen LogP contribution is -2.19. The summed E-state index contributed by atoms with van der Waals surface area (Å²) in [4.78, 5) is 0. The monoisotopic (exact) mass is 103 g/mol. The van der Waals surface area contributed by atoms with Crippen molar-refractivity contribution in [2.75, 3.05) is 20.8 Å². The fourth-order valence-electron chi connectivity index (χ4n) is 0.444. The molecule has 0 unspecified atom stereocenters. The SMILES string of the molecule is COC1(OC)CN1. The normalized spacial score (nSPS) is 24.9. The Bertz CT molecular complexity index is 64.1. The lowest BCUT2D eigenvalue weighted by atomic mass is 10.8. The Morgan fingerprint density at radius 3 is 1.86 bits per heavy atom. The zero-order chi connectivity index (χ0) is 5.33. The molecule has 3 heteroatoms. The molecule has 0 atom stereocenters. The van der Waals surface area contributed by atoms with Gasteiger partial charge in [0.25, 0.3) is 0 Å². The zero-order valence-corrected chi connectivity index (χ0v) is 4.52. The molecule has 0 spiro atoms. The van der Waals surface area contributed by atoms with Gasteiger partial charge >= 0.3 is 0 Å². The van der Waals surface area contributed by atoms with Gasteiger partial charge in [-0.3, -0.25) is 5.32 Å². The molecule has 0 aliphatic carbocycles. The molecule has 0 saturated carbocycles. The molecule has 0 radical (unpaired) electrons. The Labute approximate surface area is 42.6 Å². The van der Waals surface area contributed by atoms with E-state index in [0.29, 0.717) is 0 Å². The summed E-state index contributed by atoms with van der Waals surface area (Å²) in [5.41, 5.74) is 0. The molecule has 3 nitrogen and oxygen atoms in total. The van der Waals surface area contributed by atoms with Crippen molar-refractivity contribution in [1.29, 1.82) is 0 Å². The molecule has 1 aliphatic rings. The van der Waals surface area contributed by atoms with Crippen LogP contribution in [0.2, 0.25) is 0 Å². The molecule has 0 aromatic carbocycles. The lowest BCUT2D eigenvalue weighted by Gasteiger charge is -2.05. The van der Waals surface area contributed by atoms with Crippen molar-refractivity contribution in [1.82, 2.24) is 5.32 Å². The number of hydrogen-bond acceptors (Lipinski definition) is 3. The Kier molecular flexibility index (Phi) is 1.03. The molecule has 0 aromatic rings. The summed E-state index contributed by atoms with van der Waals surface area (Å²) < 4.78 is 9.73. The Morgan fingerprint density at radius 1 is 1.43 bits per heavy atom. The first-order valence-corrected chi connectivity index (χ1v) is 2.18. The molecule has 7 heavy (non-hydrogen) atoms. The molecular weight excluding hydrogens is 94.0 g/mol. The van der Waals surface area contributed by atoms with E-state index in [1.807, 2.05) is 0 Å². The Morgan fingerprint density at radius 2 is 1.86 bits per heavy atom. The molecule has 0 amide bonds. The van der Waals surface area contributed by atoms with Crippen molar-refractivity contribution < 1.29 is 9.47 Å². The van der Waals surface area contributed by atoms with E-state index in [0.717, 1.165) is 6.54 Å². The minimum absolute atomic E-state index is 0.417. The van der Waals surface area contributed by atoms with Gasteiger partial charge in [-0.25, -0.2) is 0 Å². The maximum Gasteiger partial charge on any atom is 0.240 e. The van der Waals surface area contributed by atoms with Crippen LogP contribution in [0.5, 0.6) is 0 Å². The van der Waals surface area contributed by atoms with Gasteiger partial charge in [-0.2, -0.15) is 0 Å². The third-order valence-corrected chi connectivity index (χ3v) is 1.12. The molecule has 1 aliphatic heterocycles. The highest BCUT2D eigenvalue weighted by Crippen LogP contribution is 2.16. The first kappa shape index (κ1) is 5.03. The average Bonchev–Trinajstić information content (AvgIpc) is 2.46. The van der Waals surface area contributed by atoms with Gasteiger partial charge in [0, 0.05) is 14.2 Å². The number of nitrogens with one attached hydrogen (secondary N) is 1. The quantitative estimate of drug-likeness (QED) is 0.379. The van der Waals surface area contributed by atoms with Gasteiger partial charge in [0.15, 0.2) is 0 Å². The van der Waals surface area contributed by atoms with Crippen LogP contribution in [0.25, 0.3) is 0 Å². The molecular formula is C4H9NO2. The third kappa shape index (κ3) is 0.748. The average molecular weight is 103 g/mol. The van der Waals surface area contributed by atoms with E-state index in [2.05, 4.69) is 5.32 Å². The van der Waals surface area contributed by atoms with E-state index in [9.17, 15) is 0 Å². The highest BCUT2D eigenvalue weighted by Gasteiger charge is 2.42. The number of methoxy groups -OCH3 is 2. The predicted molar refractivity (Wildman–Crippen MR) is 24.8 cm³/mol. The third-order valence-electron chi connectivity index (χ3n) is 1.12.